The molecule has 0 saturated carbocycles. The molecule has 2 rings (SSSR count). The number of aryl methyl sites for hydroxylation is 4. The molecule has 0 atom stereocenters. The second-order valence-corrected chi connectivity index (χ2v) is 6.93. The zero-order valence-electron chi connectivity index (χ0n) is 15.9. The van der Waals surface area contributed by atoms with Crippen LogP contribution in [0.2, 0.25) is 0 Å². The molecular weight excluding hydrogens is 296 g/mol. The van der Waals surface area contributed by atoms with E-state index < -0.39 is 0 Å². The highest BCUT2D eigenvalue weighted by Gasteiger charge is 2.21. The van der Waals surface area contributed by atoms with E-state index in [4.69, 9.17) is 0 Å². The Labute approximate surface area is 146 Å². The summed E-state index contributed by atoms with van der Waals surface area (Å²) in [5.41, 5.74) is 7.82. The summed E-state index contributed by atoms with van der Waals surface area (Å²) in [7, 11) is 0. The molecule has 0 unspecified atom stereocenters. The van der Waals surface area contributed by atoms with Gasteiger partial charge >= 0.3 is 0 Å². The van der Waals surface area contributed by atoms with E-state index in [1.54, 1.807) is 0 Å². The minimum absolute atomic E-state index is 0.332. The Balaban J connectivity index is 2.82. The molecule has 0 heterocycles. The average molecular weight is 326 g/mol. The van der Waals surface area contributed by atoms with Crippen molar-refractivity contribution in [3.8, 4) is 22.6 Å². The molecule has 0 aliphatic rings. The first kappa shape index (κ1) is 18.4. The molecule has 0 fully saturated rings. The van der Waals surface area contributed by atoms with E-state index in [9.17, 15) is 10.2 Å². The lowest BCUT2D eigenvalue weighted by Crippen LogP contribution is -2.00. The molecule has 0 amide bonds. The van der Waals surface area contributed by atoms with Gasteiger partial charge in [-0.1, -0.05) is 38.8 Å². The molecule has 0 aliphatic carbocycles. The fourth-order valence-electron chi connectivity index (χ4n) is 3.78. The standard InChI is InChI=1S/C22H30O2/c1-7-9-17-13(3)11-15(5)19(21(17)23)20-16(6)12-14(4)18(10-8-2)22(20)24/h11-12,23-24H,7-10H2,1-6H3. The van der Waals surface area contributed by atoms with E-state index in [2.05, 4.69) is 26.0 Å². The first-order valence-corrected chi connectivity index (χ1v) is 8.97. The van der Waals surface area contributed by atoms with Gasteiger partial charge in [0, 0.05) is 11.1 Å². The smallest absolute Gasteiger partial charge is 0.127 e. The molecule has 0 radical (unpaired) electrons. The molecular formula is C22H30O2. The zero-order valence-corrected chi connectivity index (χ0v) is 15.9. The lowest BCUT2D eigenvalue weighted by molar-refractivity contribution is 0.460. The third-order valence-electron chi connectivity index (χ3n) is 4.90. The van der Waals surface area contributed by atoms with E-state index in [-0.39, 0.29) is 0 Å². The molecule has 0 aliphatic heterocycles. The van der Waals surface area contributed by atoms with Gasteiger partial charge in [0.25, 0.3) is 0 Å². The number of aromatic hydroxyl groups is 2. The highest BCUT2D eigenvalue weighted by molar-refractivity contribution is 5.84. The topological polar surface area (TPSA) is 40.5 Å². The Morgan fingerprint density at radius 1 is 0.625 bits per heavy atom. The van der Waals surface area contributed by atoms with E-state index >= 15 is 0 Å². The molecule has 24 heavy (non-hydrogen) atoms. The molecule has 2 N–H and O–H groups in total. The Kier molecular flexibility index (Phi) is 5.58. The number of hydrogen-bond donors (Lipinski definition) is 2. The van der Waals surface area contributed by atoms with Gasteiger partial charge < -0.3 is 10.2 Å². The Morgan fingerprint density at radius 3 is 1.25 bits per heavy atom. The van der Waals surface area contributed by atoms with Crippen molar-refractivity contribution in [1.82, 2.24) is 0 Å². The minimum atomic E-state index is 0.332. The van der Waals surface area contributed by atoms with E-state index in [1.165, 1.54) is 0 Å². The van der Waals surface area contributed by atoms with Gasteiger partial charge in [-0.25, -0.2) is 0 Å². The number of phenols is 2. The van der Waals surface area contributed by atoms with Crippen molar-refractivity contribution >= 4 is 0 Å². The number of rotatable bonds is 5. The molecule has 130 valence electrons. The maximum atomic E-state index is 11.0. The molecule has 0 aromatic heterocycles. The van der Waals surface area contributed by atoms with Crippen LogP contribution in [0.4, 0.5) is 0 Å². The molecule has 0 saturated heterocycles. The summed E-state index contributed by atoms with van der Waals surface area (Å²) in [6, 6.07) is 4.25. The molecule has 0 spiro atoms. The zero-order chi connectivity index (χ0) is 18.0. The largest absolute Gasteiger partial charge is 0.507 e. The predicted octanol–water partition coefficient (Wildman–Crippen LogP) is 5.90. The van der Waals surface area contributed by atoms with Crippen LogP contribution in [0, 0.1) is 27.7 Å². The first-order valence-electron chi connectivity index (χ1n) is 8.97. The van der Waals surface area contributed by atoms with Gasteiger partial charge in [0.05, 0.1) is 0 Å². The van der Waals surface area contributed by atoms with E-state index in [1.807, 2.05) is 27.7 Å². The monoisotopic (exact) mass is 326 g/mol. The maximum Gasteiger partial charge on any atom is 0.127 e. The van der Waals surface area contributed by atoms with Gasteiger partial charge in [-0.3, -0.25) is 0 Å². The second-order valence-electron chi connectivity index (χ2n) is 6.93. The summed E-state index contributed by atoms with van der Waals surface area (Å²) >= 11 is 0. The van der Waals surface area contributed by atoms with Gasteiger partial charge in [-0.15, -0.1) is 0 Å². The fourth-order valence-corrected chi connectivity index (χ4v) is 3.78. The van der Waals surface area contributed by atoms with Crippen molar-refractivity contribution in [1.29, 1.82) is 0 Å². The lowest BCUT2D eigenvalue weighted by Gasteiger charge is -2.21. The number of benzene rings is 2. The third-order valence-corrected chi connectivity index (χ3v) is 4.90. The van der Waals surface area contributed by atoms with Crippen LogP contribution >= 0.6 is 0 Å². The molecule has 2 aromatic rings. The molecule has 2 heteroatoms. The highest BCUT2D eigenvalue weighted by Crippen LogP contribution is 2.45. The number of phenolic OH excluding ortho intramolecular Hbond substituents is 2. The average Bonchev–Trinajstić information content (AvgIpc) is 2.50. The second kappa shape index (κ2) is 7.29. The van der Waals surface area contributed by atoms with Crippen molar-refractivity contribution in [2.75, 3.05) is 0 Å². The van der Waals surface area contributed by atoms with Crippen molar-refractivity contribution in [2.45, 2.75) is 67.2 Å². The predicted molar refractivity (Wildman–Crippen MR) is 102 cm³/mol. The SMILES string of the molecule is CCCc1c(C)cc(C)c(-c2c(C)cc(C)c(CCC)c2O)c1O. The number of hydrogen-bond acceptors (Lipinski definition) is 2. The van der Waals surface area contributed by atoms with Crippen LogP contribution in [0.15, 0.2) is 12.1 Å². The lowest BCUT2D eigenvalue weighted by atomic mass is 9.86. The van der Waals surface area contributed by atoms with Crippen LogP contribution < -0.4 is 0 Å². The first-order chi connectivity index (χ1) is 11.3. The van der Waals surface area contributed by atoms with Crippen molar-refractivity contribution in [3.63, 3.8) is 0 Å². The van der Waals surface area contributed by atoms with Crippen LogP contribution in [0.5, 0.6) is 11.5 Å². The molecule has 2 aromatic carbocycles. The highest BCUT2D eigenvalue weighted by atomic mass is 16.3. The quantitative estimate of drug-likeness (QED) is 0.717. The van der Waals surface area contributed by atoms with Gasteiger partial charge in [-0.05, 0) is 73.9 Å². The van der Waals surface area contributed by atoms with Crippen LogP contribution in [0.1, 0.15) is 60.1 Å². The van der Waals surface area contributed by atoms with E-state index in [0.29, 0.717) is 11.5 Å². The minimum Gasteiger partial charge on any atom is -0.507 e. The van der Waals surface area contributed by atoms with Gasteiger partial charge in [0.1, 0.15) is 11.5 Å². The van der Waals surface area contributed by atoms with Crippen LogP contribution in [0.3, 0.4) is 0 Å². The summed E-state index contributed by atoms with van der Waals surface area (Å²) in [4.78, 5) is 0. The van der Waals surface area contributed by atoms with Crippen molar-refractivity contribution < 1.29 is 10.2 Å². The Hall–Kier alpha value is -1.96. The summed E-state index contributed by atoms with van der Waals surface area (Å²) in [6.45, 7) is 12.3. The van der Waals surface area contributed by atoms with Gasteiger partial charge in [0.2, 0.25) is 0 Å². The summed E-state index contributed by atoms with van der Waals surface area (Å²) in [6.07, 6.45) is 3.66. The summed E-state index contributed by atoms with van der Waals surface area (Å²) in [5, 5.41) is 21.9. The Bertz CT molecular complexity index is 692. The summed E-state index contributed by atoms with van der Waals surface area (Å²) < 4.78 is 0. The van der Waals surface area contributed by atoms with Crippen molar-refractivity contribution in [2.24, 2.45) is 0 Å². The van der Waals surface area contributed by atoms with Crippen LogP contribution in [-0.2, 0) is 12.8 Å². The molecule has 2 nitrogen and oxygen atoms in total. The fraction of sp³-hybridized carbons (Fsp3) is 0.455. The molecule has 0 bridgehead atoms. The van der Waals surface area contributed by atoms with Crippen LogP contribution in [0.25, 0.3) is 11.1 Å². The van der Waals surface area contributed by atoms with Gasteiger partial charge in [0.15, 0.2) is 0 Å². The maximum absolute atomic E-state index is 11.0. The van der Waals surface area contributed by atoms with Crippen LogP contribution in [-0.4, -0.2) is 10.2 Å². The van der Waals surface area contributed by atoms with E-state index in [0.717, 1.165) is 70.2 Å². The normalized spacial score (nSPS) is 11.1. The third kappa shape index (κ3) is 3.15. The van der Waals surface area contributed by atoms with Crippen molar-refractivity contribution in [3.05, 3.63) is 45.5 Å². The van der Waals surface area contributed by atoms with Gasteiger partial charge in [-0.2, -0.15) is 0 Å². The Morgan fingerprint density at radius 2 is 0.958 bits per heavy atom. The summed E-state index contributed by atoms with van der Waals surface area (Å²) in [5.74, 6) is 0.665.